The molecule has 0 aromatic heterocycles. The van der Waals surface area contributed by atoms with Gasteiger partial charge in [-0.3, -0.25) is 0 Å². The Morgan fingerprint density at radius 3 is 1.74 bits per heavy atom. The Morgan fingerprint density at radius 1 is 0.676 bits per heavy atom. The minimum absolute atomic E-state index is 0.0891. The van der Waals surface area contributed by atoms with Crippen molar-refractivity contribution in [2.45, 2.75) is 38.7 Å². The van der Waals surface area contributed by atoms with Gasteiger partial charge in [-0.25, -0.2) is 0 Å². The Labute approximate surface area is 203 Å². The van der Waals surface area contributed by atoms with Gasteiger partial charge < -0.3 is 14.2 Å². The molecule has 4 aromatic carbocycles. The molecule has 0 aliphatic carbocycles. The highest BCUT2D eigenvalue weighted by molar-refractivity contribution is 7.68. The molecule has 0 saturated heterocycles. The van der Waals surface area contributed by atoms with Gasteiger partial charge in [0.1, 0.15) is 34.6 Å². The van der Waals surface area contributed by atoms with Crippen LogP contribution in [-0.4, -0.2) is 11.0 Å². The minimum Gasteiger partial charge on any atom is -0.485 e. The molecule has 0 N–H and O–H groups in total. The van der Waals surface area contributed by atoms with Crippen LogP contribution in [0.2, 0.25) is 0 Å². The SMILES string of the molecule is C[C@@H]1Oc2cccc(-c3c(Oc4ccccc4)cccc3Oc3ccccc3)c2[P@]1C(C)(C)C. The van der Waals surface area contributed by atoms with Gasteiger partial charge in [-0.1, -0.05) is 75.4 Å². The molecule has 0 spiro atoms. The third-order valence-corrected chi connectivity index (χ3v) is 9.04. The molecule has 0 saturated carbocycles. The Balaban J connectivity index is 1.71. The summed E-state index contributed by atoms with van der Waals surface area (Å²) in [4.78, 5) is 0. The van der Waals surface area contributed by atoms with Gasteiger partial charge >= 0.3 is 0 Å². The maximum Gasteiger partial charge on any atom is 0.139 e. The van der Waals surface area contributed by atoms with Gasteiger partial charge in [-0.2, -0.15) is 0 Å². The van der Waals surface area contributed by atoms with E-state index >= 15 is 0 Å². The van der Waals surface area contributed by atoms with E-state index in [0.717, 1.165) is 39.9 Å². The fraction of sp³-hybridized carbons (Fsp3) is 0.200. The first kappa shape index (κ1) is 22.5. The summed E-state index contributed by atoms with van der Waals surface area (Å²) in [6.07, 6.45) is 0. The number of benzene rings is 4. The lowest BCUT2D eigenvalue weighted by Gasteiger charge is -2.31. The van der Waals surface area contributed by atoms with Crippen LogP contribution in [0.15, 0.2) is 97.1 Å². The highest BCUT2D eigenvalue weighted by Crippen LogP contribution is 2.60. The Kier molecular flexibility index (Phi) is 6.06. The van der Waals surface area contributed by atoms with Crippen molar-refractivity contribution in [3.8, 4) is 39.9 Å². The summed E-state index contributed by atoms with van der Waals surface area (Å²) in [5.74, 6) is 4.21. The van der Waals surface area contributed by atoms with E-state index in [9.17, 15) is 0 Å². The number of fused-ring (bicyclic) bond motifs is 1. The van der Waals surface area contributed by atoms with Crippen LogP contribution in [0.1, 0.15) is 27.7 Å². The molecular formula is C30H29O3P. The Hall–Kier alpha value is -3.29. The average molecular weight is 469 g/mol. The molecule has 2 atom stereocenters. The van der Waals surface area contributed by atoms with Crippen LogP contribution in [0, 0.1) is 0 Å². The second kappa shape index (κ2) is 9.16. The van der Waals surface area contributed by atoms with Crippen molar-refractivity contribution < 1.29 is 14.2 Å². The molecule has 0 amide bonds. The number of hydrogen-bond donors (Lipinski definition) is 0. The molecule has 4 aromatic rings. The van der Waals surface area contributed by atoms with E-state index in [2.05, 4.69) is 45.9 Å². The lowest BCUT2D eigenvalue weighted by atomic mass is 10.0. The van der Waals surface area contributed by atoms with Crippen molar-refractivity contribution in [3.63, 3.8) is 0 Å². The number of hydrogen-bond acceptors (Lipinski definition) is 3. The van der Waals surface area contributed by atoms with Crippen LogP contribution >= 0.6 is 7.92 Å². The van der Waals surface area contributed by atoms with Crippen molar-refractivity contribution in [2.24, 2.45) is 0 Å². The molecule has 0 fully saturated rings. The Morgan fingerprint density at radius 2 is 1.21 bits per heavy atom. The van der Waals surface area contributed by atoms with E-state index < -0.39 is 7.92 Å². The molecule has 1 aliphatic rings. The fourth-order valence-corrected chi connectivity index (χ4v) is 7.70. The fourth-order valence-electron chi connectivity index (χ4n) is 4.54. The molecule has 4 heteroatoms. The lowest BCUT2D eigenvalue weighted by Crippen LogP contribution is -2.23. The van der Waals surface area contributed by atoms with Gasteiger partial charge in [0.2, 0.25) is 0 Å². The molecule has 1 heterocycles. The third kappa shape index (κ3) is 4.41. The van der Waals surface area contributed by atoms with E-state index in [1.165, 1.54) is 5.30 Å². The molecule has 172 valence electrons. The minimum atomic E-state index is -0.584. The maximum absolute atomic E-state index is 6.44. The zero-order chi connectivity index (χ0) is 23.7. The van der Waals surface area contributed by atoms with Crippen LogP contribution in [-0.2, 0) is 0 Å². The van der Waals surface area contributed by atoms with Gasteiger partial charge in [0.25, 0.3) is 0 Å². The summed E-state index contributed by atoms with van der Waals surface area (Å²) in [6, 6.07) is 32.1. The second-order valence-corrected chi connectivity index (χ2v) is 12.6. The van der Waals surface area contributed by atoms with E-state index in [1.807, 2.05) is 78.9 Å². The first-order valence-electron chi connectivity index (χ1n) is 11.6. The molecular weight excluding hydrogens is 439 g/mol. The zero-order valence-corrected chi connectivity index (χ0v) is 20.9. The number of ether oxygens (including phenoxy) is 3. The molecule has 5 rings (SSSR count). The summed E-state index contributed by atoms with van der Waals surface area (Å²) in [5, 5.41) is 1.37. The quantitative estimate of drug-likeness (QED) is 0.275. The van der Waals surface area contributed by atoms with Crippen molar-refractivity contribution in [1.29, 1.82) is 0 Å². The van der Waals surface area contributed by atoms with Gasteiger partial charge in [-0.15, -0.1) is 0 Å². The van der Waals surface area contributed by atoms with Crippen molar-refractivity contribution in [3.05, 3.63) is 97.1 Å². The summed E-state index contributed by atoms with van der Waals surface area (Å²) < 4.78 is 19.2. The Bertz CT molecular complexity index is 1220. The number of rotatable bonds is 5. The van der Waals surface area contributed by atoms with Gasteiger partial charge in [0.05, 0.1) is 5.56 Å². The highest BCUT2D eigenvalue weighted by Gasteiger charge is 2.41. The number of para-hydroxylation sites is 2. The lowest BCUT2D eigenvalue weighted by molar-refractivity contribution is 0.313. The third-order valence-electron chi connectivity index (χ3n) is 5.82. The monoisotopic (exact) mass is 468 g/mol. The normalized spacial score (nSPS) is 17.1. The van der Waals surface area contributed by atoms with Crippen LogP contribution in [0.5, 0.6) is 28.7 Å². The van der Waals surface area contributed by atoms with E-state index in [1.54, 1.807) is 0 Å². The van der Waals surface area contributed by atoms with E-state index in [4.69, 9.17) is 14.2 Å². The summed E-state index contributed by atoms with van der Waals surface area (Å²) >= 11 is 0. The predicted molar refractivity (Wildman–Crippen MR) is 141 cm³/mol. The summed E-state index contributed by atoms with van der Waals surface area (Å²) in [6.45, 7) is 9.10. The standard InChI is InChI=1S/C30H29O3P/c1-21-31-27-20-11-17-24(29(27)34(21)30(2,3)4)28-25(32-22-13-7-5-8-14-22)18-12-19-26(28)33-23-15-9-6-10-16-23/h5-21H,1-4H3/t21-,34-/m1/s1. The molecule has 1 aliphatic heterocycles. The first-order valence-corrected chi connectivity index (χ1v) is 13.0. The topological polar surface area (TPSA) is 27.7 Å². The van der Waals surface area contributed by atoms with Gasteiger partial charge in [0, 0.05) is 10.9 Å². The van der Waals surface area contributed by atoms with Gasteiger partial charge in [-0.05, 0) is 62.5 Å². The maximum atomic E-state index is 6.44. The average Bonchev–Trinajstić information content (AvgIpc) is 3.17. The van der Waals surface area contributed by atoms with Gasteiger partial charge in [0.15, 0.2) is 0 Å². The molecule has 0 bridgehead atoms. The molecule has 0 unspecified atom stereocenters. The highest BCUT2D eigenvalue weighted by atomic mass is 31.1. The van der Waals surface area contributed by atoms with Crippen LogP contribution < -0.4 is 19.5 Å². The van der Waals surface area contributed by atoms with Crippen molar-refractivity contribution in [1.82, 2.24) is 0 Å². The van der Waals surface area contributed by atoms with Crippen molar-refractivity contribution in [2.75, 3.05) is 0 Å². The van der Waals surface area contributed by atoms with E-state index in [0.29, 0.717) is 0 Å². The molecule has 34 heavy (non-hydrogen) atoms. The van der Waals surface area contributed by atoms with Crippen LogP contribution in [0.3, 0.4) is 0 Å². The zero-order valence-electron chi connectivity index (χ0n) is 20.0. The van der Waals surface area contributed by atoms with Crippen LogP contribution in [0.25, 0.3) is 11.1 Å². The van der Waals surface area contributed by atoms with E-state index in [-0.39, 0.29) is 11.0 Å². The first-order chi connectivity index (χ1) is 16.4. The summed E-state index contributed by atoms with van der Waals surface area (Å²) in [5.41, 5.74) is 2.06. The second-order valence-electron chi connectivity index (χ2n) is 9.37. The smallest absolute Gasteiger partial charge is 0.139 e. The van der Waals surface area contributed by atoms with Crippen LogP contribution in [0.4, 0.5) is 0 Å². The van der Waals surface area contributed by atoms with Crippen molar-refractivity contribution >= 4 is 13.2 Å². The predicted octanol–water partition coefficient (Wildman–Crippen LogP) is 8.58. The molecule has 3 nitrogen and oxygen atoms in total. The largest absolute Gasteiger partial charge is 0.485 e. The molecule has 0 radical (unpaired) electrons. The summed E-state index contributed by atoms with van der Waals surface area (Å²) in [7, 11) is -0.584.